The highest BCUT2D eigenvalue weighted by molar-refractivity contribution is 7.98. The molecule has 1 unspecified atom stereocenters. The molecule has 2 heterocycles. The minimum Gasteiger partial charge on any atom is -0.391 e. The number of aliphatic hydroxyl groups is 1. The summed E-state index contributed by atoms with van der Waals surface area (Å²) in [5.41, 5.74) is 0. The molecule has 1 fully saturated rings. The van der Waals surface area contributed by atoms with Crippen molar-refractivity contribution in [2.45, 2.75) is 17.7 Å². The molecular weight excluding hydrogens is 204 g/mol. The highest BCUT2D eigenvalue weighted by Crippen LogP contribution is 2.19. The predicted octanol–water partition coefficient (Wildman–Crippen LogP) is -0.376. The first-order chi connectivity index (χ1) is 6.70. The second-order valence-corrected chi connectivity index (χ2v) is 3.78. The van der Waals surface area contributed by atoms with Crippen LogP contribution >= 0.6 is 11.8 Å². The van der Waals surface area contributed by atoms with E-state index in [0.717, 1.165) is 0 Å². The zero-order chi connectivity index (χ0) is 10.1. The van der Waals surface area contributed by atoms with Crippen molar-refractivity contribution in [2.75, 3.05) is 17.7 Å². The first-order valence-corrected chi connectivity index (χ1v) is 5.38. The molecule has 0 aliphatic carbocycles. The zero-order valence-electron chi connectivity index (χ0n) is 7.60. The average Bonchev–Trinajstić information content (AvgIpc) is 2.71. The van der Waals surface area contributed by atoms with E-state index in [1.807, 2.05) is 6.26 Å². The molecule has 6 nitrogen and oxygen atoms in total. The van der Waals surface area contributed by atoms with Crippen LogP contribution in [0.25, 0.3) is 0 Å². The highest BCUT2D eigenvalue weighted by atomic mass is 32.2. The van der Waals surface area contributed by atoms with E-state index >= 15 is 0 Å². The van der Waals surface area contributed by atoms with Crippen LogP contribution in [0.1, 0.15) is 6.42 Å². The summed E-state index contributed by atoms with van der Waals surface area (Å²) in [6.45, 7) is 0.293. The summed E-state index contributed by atoms with van der Waals surface area (Å²) in [6, 6.07) is 0. The van der Waals surface area contributed by atoms with E-state index in [1.165, 1.54) is 16.7 Å². The van der Waals surface area contributed by atoms with E-state index in [0.29, 0.717) is 17.6 Å². The number of anilines is 1. The van der Waals surface area contributed by atoms with E-state index in [9.17, 15) is 9.90 Å². The third-order valence-electron chi connectivity index (χ3n) is 2.00. The SMILES string of the molecule is CSc1n[nH]c(N2CC(O)CC2=O)n1. The lowest BCUT2D eigenvalue weighted by Gasteiger charge is -2.09. The van der Waals surface area contributed by atoms with Crippen molar-refractivity contribution >= 4 is 23.6 Å². The molecule has 0 spiro atoms. The molecule has 2 N–H and O–H groups in total. The minimum absolute atomic E-state index is 0.124. The van der Waals surface area contributed by atoms with Crippen LogP contribution in [0.3, 0.4) is 0 Å². The maximum atomic E-state index is 11.4. The maximum absolute atomic E-state index is 11.4. The molecule has 1 aromatic heterocycles. The lowest BCUT2D eigenvalue weighted by Crippen LogP contribution is -2.26. The van der Waals surface area contributed by atoms with Gasteiger partial charge in [-0.25, -0.2) is 5.10 Å². The fraction of sp³-hybridized carbons (Fsp3) is 0.571. The van der Waals surface area contributed by atoms with E-state index in [1.54, 1.807) is 0 Å². The Bertz CT molecular complexity index is 353. The number of hydrogen-bond donors (Lipinski definition) is 2. The van der Waals surface area contributed by atoms with Gasteiger partial charge in [-0.2, -0.15) is 4.98 Å². The number of H-pyrrole nitrogens is 1. The summed E-state index contributed by atoms with van der Waals surface area (Å²) in [5.74, 6) is 0.289. The fourth-order valence-electron chi connectivity index (χ4n) is 1.34. The standard InChI is InChI=1S/C7H10N4O2S/c1-14-7-8-6(9-10-7)11-3-4(12)2-5(11)13/h4,12H,2-3H2,1H3,(H,8,9,10). The molecular formula is C7H10N4O2S. The molecule has 14 heavy (non-hydrogen) atoms. The molecule has 1 aliphatic heterocycles. The monoisotopic (exact) mass is 214 g/mol. The highest BCUT2D eigenvalue weighted by Gasteiger charge is 2.31. The van der Waals surface area contributed by atoms with Crippen LogP contribution in [0, 0.1) is 0 Å². The lowest BCUT2D eigenvalue weighted by molar-refractivity contribution is -0.117. The number of carbonyl (C=O) groups is 1. The number of thioether (sulfide) groups is 1. The van der Waals surface area contributed by atoms with Gasteiger partial charge in [0.1, 0.15) is 0 Å². The fourth-order valence-corrected chi connectivity index (χ4v) is 1.66. The second kappa shape index (κ2) is 3.58. The Morgan fingerprint density at radius 2 is 2.50 bits per heavy atom. The number of aromatic amines is 1. The molecule has 7 heteroatoms. The summed E-state index contributed by atoms with van der Waals surface area (Å²) in [6.07, 6.45) is 1.42. The number of nitrogens with zero attached hydrogens (tertiary/aromatic N) is 3. The Kier molecular flexibility index (Phi) is 2.42. The van der Waals surface area contributed by atoms with Gasteiger partial charge in [0, 0.05) is 0 Å². The van der Waals surface area contributed by atoms with E-state index in [2.05, 4.69) is 15.2 Å². The van der Waals surface area contributed by atoms with E-state index in [-0.39, 0.29) is 12.3 Å². The molecule has 1 atom stereocenters. The Balaban J connectivity index is 2.18. The van der Waals surface area contributed by atoms with Gasteiger partial charge in [0.15, 0.2) is 0 Å². The van der Waals surface area contributed by atoms with Gasteiger partial charge in [-0.05, 0) is 6.26 Å². The minimum atomic E-state index is -0.592. The summed E-state index contributed by atoms with van der Waals surface area (Å²) in [5, 5.41) is 16.4. The Hall–Kier alpha value is -1.08. The number of carbonyl (C=O) groups excluding carboxylic acids is 1. The van der Waals surface area contributed by atoms with Crippen LogP contribution in [0.5, 0.6) is 0 Å². The van der Waals surface area contributed by atoms with E-state index in [4.69, 9.17) is 0 Å². The van der Waals surface area contributed by atoms with Crippen molar-refractivity contribution in [3.63, 3.8) is 0 Å². The van der Waals surface area contributed by atoms with Crippen molar-refractivity contribution in [1.29, 1.82) is 0 Å². The van der Waals surface area contributed by atoms with Gasteiger partial charge in [-0.15, -0.1) is 5.10 Å². The number of β-amino-alcohol motifs (C(OH)–C–C–N with tert-alkyl or cyclic N) is 1. The van der Waals surface area contributed by atoms with Crippen molar-refractivity contribution in [3.05, 3.63) is 0 Å². The maximum Gasteiger partial charge on any atom is 0.232 e. The topological polar surface area (TPSA) is 82.1 Å². The smallest absolute Gasteiger partial charge is 0.232 e. The molecule has 1 aromatic rings. The van der Waals surface area contributed by atoms with Gasteiger partial charge < -0.3 is 5.11 Å². The molecule has 2 rings (SSSR count). The number of amides is 1. The quantitative estimate of drug-likeness (QED) is 0.656. The molecule has 0 bridgehead atoms. The van der Waals surface area contributed by atoms with Crippen molar-refractivity contribution in [1.82, 2.24) is 15.2 Å². The molecule has 1 saturated heterocycles. The van der Waals surface area contributed by atoms with Crippen LogP contribution in [0.15, 0.2) is 5.16 Å². The summed E-state index contributed by atoms with van der Waals surface area (Å²) < 4.78 is 0. The van der Waals surface area contributed by atoms with Gasteiger partial charge >= 0.3 is 0 Å². The molecule has 76 valence electrons. The molecule has 0 radical (unpaired) electrons. The summed E-state index contributed by atoms with van der Waals surface area (Å²) in [4.78, 5) is 16.9. The third kappa shape index (κ3) is 1.60. The van der Waals surface area contributed by atoms with Crippen LogP contribution in [0.4, 0.5) is 5.95 Å². The first kappa shape index (κ1) is 9.47. The van der Waals surface area contributed by atoms with Crippen LogP contribution in [0.2, 0.25) is 0 Å². The van der Waals surface area contributed by atoms with Crippen molar-refractivity contribution in [3.8, 4) is 0 Å². The lowest BCUT2D eigenvalue weighted by atomic mass is 10.3. The third-order valence-corrected chi connectivity index (χ3v) is 2.54. The zero-order valence-corrected chi connectivity index (χ0v) is 8.41. The Morgan fingerprint density at radius 3 is 3.00 bits per heavy atom. The number of hydrogen-bond acceptors (Lipinski definition) is 5. The molecule has 1 aliphatic rings. The van der Waals surface area contributed by atoms with Gasteiger partial charge in [-0.1, -0.05) is 11.8 Å². The second-order valence-electron chi connectivity index (χ2n) is 3.01. The van der Waals surface area contributed by atoms with Crippen LogP contribution in [-0.4, -0.2) is 45.1 Å². The largest absolute Gasteiger partial charge is 0.391 e. The van der Waals surface area contributed by atoms with Gasteiger partial charge in [0.05, 0.1) is 19.1 Å². The predicted molar refractivity (Wildman–Crippen MR) is 51.1 cm³/mol. The first-order valence-electron chi connectivity index (χ1n) is 4.15. The summed E-state index contributed by atoms with van der Waals surface area (Å²) >= 11 is 1.40. The average molecular weight is 214 g/mol. The van der Waals surface area contributed by atoms with Crippen LogP contribution in [-0.2, 0) is 4.79 Å². The number of aromatic nitrogens is 3. The Morgan fingerprint density at radius 1 is 1.71 bits per heavy atom. The Labute approximate surface area is 84.7 Å². The molecule has 1 amide bonds. The molecule has 0 saturated carbocycles. The number of aliphatic hydroxyl groups excluding tert-OH is 1. The van der Waals surface area contributed by atoms with Crippen LogP contribution < -0.4 is 4.90 Å². The molecule has 0 aromatic carbocycles. The van der Waals surface area contributed by atoms with Crippen molar-refractivity contribution in [2.24, 2.45) is 0 Å². The number of nitrogens with one attached hydrogen (secondary N) is 1. The van der Waals surface area contributed by atoms with Gasteiger partial charge in [0.25, 0.3) is 0 Å². The van der Waals surface area contributed by atoms with Gasteiger partial charge in [0.2, 0.25) is 17.0 Å². The van der Waals surface area contributed by atoms with Gasteiger partial charge in [-0.3, -0.25) is 9.69 Å². The summed E-state index contributed by atoms with van der Waals surface area (Å²) in [7, 11) is 0. The van der Waals surface area contributed by atoms with E-state index < -0.39 is 6.10 Å². The number of rotatable bonds is 2. The normalized spacial score (nSPS) is 22.0. The van der Waals surface area contributed by atoms with Crippen molar-refractivity contribution < 1.29 is 9.90 Å².